The van der Waals surface area contributed by atoms with Gasteiger partial charge in [0.1, 0.15) is 10.8 Å². The first-order valence-corrected chi connectivity index (χ1v) is 5.64. The smallest absolute Gasteiger partial charge is 0.348 e. The van der Waals surface area contributed by atoms with Crippen molar-refractivity contribution in [1.29, 1.82) is 0 Å². The van der Waals surface area contributed by atoms with Gasteiger partial charge in [0.2, 0.25) is 0 Å². The Labute approximate surface area is 114 Å². The van der Waals surface area contributed by atoms with Gasteiger partial charge in [-0.25, -0.2) is 19.6 Å². The van der Waals surface area contributed by atoms with Crippen LogP contribution in [0.2, 0.25) is 0 Å². The van der Waals surface area contributed by atoms with Gasteiger partial charge in [0.25, 0.3) is 0 Å². The highest BCUT2D eigenvalue weighted by atomic mass is 32.1. The van der Waals surface area contributed by atoms with E-state index in [1.807, 2.05) is 0 Å². The van der Waals surface area contributed by atoms with Crippen LogP contribution in [0.3, 0.4) is 0 Å². The molecule has 0 unspecified atom stereocenters. The summed E-state index contributed by atoms with van der Waals surface area (Å²) >= 11 is 4.01. The lowest BCUT2D eigenvalue weighted by Crippen LogP contribution is -2.14. The fourth-order valence-electron chi connectivity index (χ4n) is 1.28. The van der Waals surface area contributed by atoms with Gasteiger partial charge in [-0.1, -0.05) is 0 Å². The van der Waals surface area contributed by atoms with Crippen LogP contribution < -0.4 is 5.73 Å². The van der Waals surface area contributed by atoms with Crippen molar-refractivity contribution in [3.63, 3.8) is 0 Å². The van der Waals surface area contributed by atoms with E-state index in [0.29, 0.717) is 0 Å². The molecular weight excluding hydrogens is 266 g/mol. The zero-order valence-corrected chi connectivity index (χ0v) is 10.5. The molecule has 2 heterocycles. The van der Waals surface area contributed by atoms with Gasteiger partial charge in [-0.05, 0) is 24.3 Å². The maximum absolute atomic E-state index is 11.7. The van der Waals surface area contributed by atoms with Crippen LogP contribution in [0.1, 0.15) is 20.7 Å². The Morgan fingerprint density at radius 3 is 2.58 bits per heavy atom. The number of thiol groups is 1. The van der Waals surface area contributed by atoms with Crippen molar-refractivity contribution in [1.82, 2.24) is 9.97 Å². The number of nitrogen functional groups attached to an aromatic ring is 1. The summed E-state index contributed by atoms with van der Waals surface area (Å²) in [5.74, 6) is -1.36. The van der Waals surface area contributed by atoms with Gasteiger partial charge in [-0.3, -0.25) is 0 Å². The van der Waals surface area contributed by atoms with E-state index in [1.54, 1.807) is 6.07 Å². The summed E-state index contributed by atoms with van der Waals surface area (Å²) in [7, 11) is 0. The number of esters is 2. The molecule has 0 saturated heterocycles. The van der Waals surface area contributed by atoms with Gasteiger partial charge < -0.3 is 10.5 Å². The molecule has 7 heteroatoms. The molecule has 0 bridgehead atoms. The van der Waals surface area contributed by atoms with Gasteiger partial charge in [0, 0.05) is 12.4 Å². The average molecular weight is 275 g/mol. The number of anilines is 1. The monoisotopic (exact) mass is 275 g/mol. The van der Waals surface area contributed by atoms with Crippen molar-refractivity contribution in [3.8, 4) is 0 Å². The van der Waals surface area contributed by atoms with E-state index in [0.717, 1.165) is 0 Å². The maximum atomic E-state index is 11.7. The molecule has 2 aromatic rings. The second kappa shape index (κ2) is 5.49. The van der Waals surface area contributed by atoms with Crippen molar-refractivity contribution < 1.29 is 14.3 Å². The molecule has 96 valence electrons. The molecule has 0 amide bonds. The Kier molecular flexibility index (Phi) is 3.76. The van der Waals surface area contributed by atoms with E-state index >= 15 is 0 Å². The Morgan fingerprint density at radius 1 is 1.16 bits per heavy atom. The highest BCUT2D eigenvalue weighted by Gasteiger charge is 2.17. The quantitative estimate of drug-likeness (QED) is 0.488. The number of nitrogens with zero attached hydrogens (tertiary/aromatic N) is 2. The zero-order valence-electron chi connectivity index (χ0n) is 9.61. The summed E-state index contributed by atoms with van der Waals surface area (Å²) in [5, 5.41) is 0.190. The molecule has 0 spiro atoms. The summed E-state index contributed by atoms with van der Waals surface area (Å²) in [5.41, 5.74) is 5.64. The van der Waals surface area contributed by atoms with Gasteiger partial charge in [0.05, 0.1) is 11.1 Å². The molecular formula is C12H9N3O3S. The van der Waals surface area contributed by atoms with Crippen molar-refractivity contribution in [3.05, 3.63) is 47.8 Å². The van der Waals surface area contributed by atoms with Crippen molar-refractivity contribution in [2.75, 3.05) is 5.73 Å². The number of hydrogen-bond acceptors (Lipinski definition) is 7. The largest absolute Gasteiger partial charge is 0.386 e. The minimum absolute atomic E-state index is 0.114. The highest BCUT2D eigenvalue weighted by Crippen LogP contribution is 2.12. The molecule has 0 saturated carbocycles. The Balaban J connectivity index is 2.13. The van der Waals surface area contributed by atoms with Crippen LogP contribution >= 0.6 is 12.6 Å². The van der Waals surface area contributed by atoms with Crippen LogP contribution in [0.5, 0.6) is 0 Å². The summed E-state index contributed by atoms with van der Waals surface area (Å²) in [4.78, 5) is 31.0. The molecule has 19 heavy (non-hydrogen) atoms. The summed E-state index contributed by atoms with van der Waals surface area (Å²) in [6.07, 6.45) is 2.71. The molecule has 0 fully saturated rings. The van der Waals surface area contributed by atoms with E-state index in [2.05, 4.69) is 22.6 Å². The van der Waals surface area contributed by atoms with E-state index in [4.69, 9.17) is 10.5 Å². The summed E-state index contributed by atoms with van der Waals surface area (Å²) in [6.45, 7) is 0. The van der Waals surface area contributed by atoms with Crippen molar-refractivity contribution in [2.24, 2.45) is 0 Å². The average Bonchev–Trinajstić information content (AvgIpc) is 2.39. The lowest BCUT2D eigenvalue weighted by atomic mass is 10.2. The van der Waals surface area contributed by atoms with Gasteiger partial charge in [0.15, 0.2) is 0 Å². The van der Waals surface area contributed by atoms with E-state index in [-0.39, 0.29) is 22.0 Å². The third-order valence-corrected chi connectivity index (χ3v) is 2.57. The van der Waals surface area contributed by atoms with Crippen molar-refractivity contribution in [2.45, 2.75) is 5.03 Å². The second-order valence-corrected chi connectivity index (χ2v) is 3.95. The molecule has 6 nitrogen and oxygen atoms in total. The number of hydrogen-bond donors (Lipinski definition) is 2. The number of ether oxygens (including phenoxy) is 1. The van der Waals surface area contributed by atoms with E-state index in [9.17, 15) is 9.59 Å². The standard InChI is InChI=1S/C12H9N3O3S/c13-9-4-3-7(6-15-9)11(16)18-12(17)8-2-1-5-14-10(8)19/h1-6H,(H2,13,15)(H,14,19). The predicted octanol–water partition coefficient (Wildman–Crippen LogP) is 1.34. The molecule has 0 atom stereocenters. The third-order valence-electron chi connectivity index (χ3n) is 2.21. The van der Waals surface area contributed by atoms with Crippen LogP contribution in [0.25, 0.3) is 0 Å². The molecule has 0 radical (unpaired) electrons. The Morgan fingerprint density at radius 2 is 1.95 bits per heavy atom. The van der Waals surface area contributed by atoms with Gasteiger partial charge in [-0.15, -0.1) is 12.6 Å². The first-order valence-electron chi connectivity index (χ1n) is 5.20. The first kappa shape index (κ1) is 13.0. The topological polar surface area (TPSA) is 95.2 Å². The molecule has 0 aliphatic heterocycles. The number of rotatable bonds is 2. The summed E-state index contributed by atoms with van der Waals surface area (Å²) < 4.78 is 4.70. The number of carbonyl (C=O) groups excluding carboxylic acids is 2. The molecule has 0 aromatic carbocycles. The fourth-order valence-corrected chi connectivity index (χ4v) is 1.51. The van der Waals surface area contributed by atoms with Gasteiger partial charge in [-0.2, -0.15) is 0 Å². The zero-order chi connectivity index (χ0) is 13.8. The number of aromatic nitrogens is 2. The number of carbonyl (C=O) groups is 2. The van der Waals surface area contributed by atoms with E-state index < -0.39 is 11.9 Å². The summed E-state index contributed by atoms with van der Waals surface area (Å²) in [6, 6.07) is 5.87. The third kappa shape index (κ3) is 3.08. The Bertz CT molecular complexity index is 628. The SMILES string of the molecule is Nc1ccc(C(=O)OC(=O)c2cccnc2S)cn1. The van der Waals surface area contributed by atoms with Crippen LogP contribution in [0, 0.1) is 0 Å². The van der Waals surface area contributed by atoms with Crippen LogP contribution in [0.15, 0.2) is 41.7 Å². The lowest BCUT2D eigenvalue weighted by Gasteiger charge is -2.04. The minimum Gasteiger partial charge on any atom is -0.386 e. The Hall–Kier alpha value is -2.41. The molecule has 0 aliphatic carbocycles. The molecule has 2 rings (SSSR count). The highest BCUT2D eigenvalue weighted by molar-refractivity contribution is 7.80. The maximum Gasteiger partial charge on any atom is 0.348 e. The molecule has 0 aliphatic rings. The number of nitrogens with two attached hydrogens (primary N) is 1. The fraction of sp³-hybridized carbons (Fsp3) is 0. The van der Waals surface area contributed by atoms with Crippen LogP contribution in [-0.4, -0.2) is 21.9 Å². The van der Waals surface area contributed by atoms with E-state index in [1.165, 1.54) is 30.6 Å². The number of pyridine rings is 2. The normalized spacial score (nSPS) is 9.95. The lowest BCUT2D eigenvalue weighted by molar-refractivity contribution is 0.0394. The predicted molar refractivity (Wildman–Crippen MR) is 69.9 cm³/mol. The minimum atomic E-state index is -0.820. The van der Waals surface area contributed by atoms with Gasteiger partial charge >= 0.3 is 11.9 Å². The van der Waals surface area contributed by atoms with Crippen LogP contribution in [-0.2, 0) is 4.74 Å². The first-order chi connectivity index (χ1) is 9.08. The molecule has 2 N–H and O–H groups in total. The van der Waals surface area contributed by atoms with Crippen LogP contribution in [0.4, 0.5) is 5.82 Å². The van der Waals surface area contributed by atoms with Crippen molar-refractivity contribution >= 4 is 30.4 Å². The molecule has 2 aromatic heterocycles. The second-order valence-electron chi connectivity index (χ2n) is 3.52.